The van der Waals surface area contributed by atoms with Gasteiger partial charge in [-0.2, -0.15) is 15.5 Å². The molecule has 0 amide bonds. The molecule has 3 aromatic rings. The Bertz CT molecular complexity index is 987. The van der Waals surface area contributed by atoms with Gasteiger partial charge in [-0.3, -0.25) is 0 Å². The van der Waals surface area contributed by atoms with Gasteiger partial charge in [-0.1, -0.05) is 47.1 Å². The van der Waals surface area contributed by atoms with Crippen molar-refractivity contribution in [2.24, 2.45) is 0 Å². The molecule has 1 aromatic heterocycles. The van der Waals surface area contributed by atoms with Crippen molar-refractivity contribution in [2.45, 2.75) is 6.92 Å². The molecule has 0 aliphatic heterocycles. The summed E-state index contributed by atoms with van der Waals surface area (Å²) in [5, 5.41) is 24.6. The van der Waals surface area contributed by atoms with Crippen molar-refractivity contribution in [1.29, 1.82) is 10.5 Å². The molecular weight excluding hydrogens is 314 g/mol. The van der Waals surface area contributed by atoms with E-state index in [0.717, 1.165) is 11.1 Å². The normalized spacial score (nSPS) is 9.72. The second kappa shape index (κ2) is 7.12. The molecule has 0 aliphatic rings. The molecule has 0 fully saturated rings. The predicted octanol–water partition coefficient (Wildman–Crippen LogP) is 4.05. The minimum atomic E-state index is -0.0272. The van der Waals surface area contributed by atoms with E-state index in [4.69, 9.17) is 15.0 Å². The highest BCUT2D eigenvalue weighted by Gasteiger charge is 2.13. The van der Waals surface area contributed by atoms with Crippen LogP contribution in [0.4, 0.5) is 5.69 Å². The van der Waals surface area contributed by atoms with Gasteiger partial charge >= 0.3 is 0 Å². The largest absolute Gasteiger partial charge is 0.359 e. The van der Waals surface area contributed by atoms with Crippen LogP contribution in [0.3, 0.4) is 0 Å². The molecular formula is C19H13N5O. The average molecular weight is 327 g/mol. The summed E-state index contributed by atoms with van der Waals surface area (Å²) in [7, 11) is 0. The summed E-state index contributed by atoms with van der Waals surface area (Å²) in [5.74, 6) is 0.845. The topological polar surface area (TPSA) is 98.5 Å². The lowest BCUT2D eigenvalue weighted by molar-refractivity contribution is 0.432. The molecule has 0 saturated carbocycles. The molecule has 0 radical (unpaired) electrons. The van der Waals surface area contributed by atoms with Gasteiger partial charge in [0.2, 0.25) is 5.82 Å². The number of rotatable bonds is 4. The molecule has 25 heavy (non-hydrogen) atoms. The molecule has 2 aromatic carbocycles. The highest BCUT2D eigenvalue weighted by atomic mass is 16.5. The van der Waals surface area contributed by atoms with E-state index in [1.807, 2.05) is 49.4 Å². The third-order valence-electron chi connectivity index (χ3n) is 3.51. The zero-order valence-electron chi connectivity index (χ0n) is 13.4. The first-order valence-electron chi connectivity index (χ1n) is 7.48. The molecule has 6 heteroatoms. The minimum Gasteiger partial charge on any atom is -0.359 e. The number of anilines is 1. The van der Waals surface area contributed by atoms with E-state index in [9.17, 15) is 0 Å². The van der Waals surface area contributed by atoms with Crippen LogP contribution < -0.4 is 5.32 Å². The molecule has 0 unspecified atom stereocenters. The molecule has 1 N–H and O–H groups in total. The first-order valence-corrected chi connectivity index (χ1v) is 7.48. The van der Waals surface area contributed by atoms with Crippen molar-refractivity contribution >= 4 is 5.69 Å². The van der Waals surface area contributed by atoms with E-state index in [1.54, 1.807) is 18.2 Å². The Morgan fingerprint density at radius 3 is 2.52 bits per heavy atom. The molecule has 0 bridgehead atoms. The third-order valence-corrected chi connectivity index (χ3v) is 3.51. The van der Waals surface area contributed by atoms with Gasteiger partial charge in [-0.25, -0.2) is 0 Å². The first kappa shape index (κ1) is 16.0. The van der Waals surface area contributed by atoms with Crippen LogP contribution in [0.25, 0.3) is 22.8 Å². The maximum absolute atomic E-state index is 8.82. The fourth-order valence-corrected chi connectivity index (χ4v) is 2.19. The second-order valence-corrected chi connectivity index (χ2v) is 5.26. The fraction of sp³-hybridized carbons (Fsp3) is 0.0526. The zero-order chi connectivity index (χ0) is 17.6. The lowest BCUT2D eigenvalue weighted by Gasteiger charge is -2.05. The van der Waals surface area contributed by atoms with Crippen LogP contribution in [0.15, 0.2) is 64.8 Å². The second-order valence-electron chi connectivity index (χ2n) is 5.26. The molecule has 1 heterocycles. The van der Waals surface area contributed by atoms with E-state index >= 15 is 0 Å². The Balaban J connectivity index is 1.93. The Morgan fingerprint density at radius 1 is 1.08 bits per heavy atom. The van der Waals surface area contributed by atoms with Gasteiger partial charge in [0, 0.05) is 11.8 Å². The van der Waals surface area contributed by atoms with Crippen LogP contribution in [0, 0.1) is 29.6 Å². The molecule has 0 spiro atoms. The molecule has 0 saturated heterocycles. The lowest BCUT2D eigenvalue weighted by atomic mass is 10.1. The van der Waals surface area contributed by atoms with Crippen molar-refractivity contribution in [2.75, 3.05) is 5.32 Å². The summed E-state index contributed by atoms with van der Waals surface area (Å²) in [6, 6.07) is 18.7. The Morgan fingerprint density at radius 2 is 1.80 bits per heavy atom. The summed E-state index contributed by atoms with van der Waals surface area (Å²) in [6.07, 6.45) is 1.34. The fourth-order valence-electron chi connectivity index (χ4n) is 2.19. The van der Waals surface area contributed by atoms with Gasteiger partial charge in [-0.15, -0.1) is 0 Å². The van der Waals surface area contributed by atoms with E-state index < -0.39 is 0 Å². The molecule has 3 rings (SSSR count). The monoisotopic (exact) mass is 327 g/mol. The van der Waals surface area contributed by atoms with Crippen molar-refractivity contribution in [1.82, 2.24) is 10.1 Å². The quantitative estimate of drug-likeness (QED) is 0.726. The number of hydrogen-bond donors (Lipinski definition) is 1. The Hall–Kier alpha value is -3.90. The summed E-state index contributed by atoms with van der Waals surface area (Å²) < 4.78 is 5.38. The zero-order valence-corrected chi connectivity index (χ0v) is 13.4. The number of nitrogens with zero attached hydrogens (tertiary/aromatic N) is 4. The third kappa shape index (κ3) is 3.54. The van der Waals surface area contributed by atoms with Crippen LogP contribution in [-0.2, 0) is 0 Å². The molecule has 0 aliphatic carbocycles. The lowest BCUT2D eigenvalue weighted by Crippen LogP contribution is -1.93. The van der Waals surface area contributed by atoms with Crippen LogP contribution in [0.1, 0.15) is 5.56 Å². The number of para-hydroxylation sites is 1. The molecule has 0 atom stereocenters. The summed E-state index contributed by atoms with van der Waals surface area (Å²) in [6.45, 7) is 2.01. The van der Waals surface area contributed by atoms with Gasteiger partial charge < -0.3 is 9.84 Å². The number of nitrogens with one attached hydrogen (secondary N) is 1. The van der Waals surface area contributed by atoms with E-state index in [-0.39, 0.29) is 5.57 Å². The van der Waals surface area contributed by atoms with E-state index in [0.29, 0.717) is 23.0 Å². The Labute approximate surface area is 144 Å². The first-order chi connectivity index (χ1) is 12.2. The molecule has 6 nitrogen and oxygen atoms in total. The van der Waals surface area contributed by atoms with Crippen LogP contribution in [0.5, 0.6) is 0 Å². The molecule has 120 valence electrons. The maximum Gasteiger partial charge on any atom is 0.260 e. The minimum absolute atomic E-state index is 0.0272. The van der Waals surface area contributed by atoms with Gasteiger partial charge in [0.05, 0.1) is 11.3 Å². The van der Waals surface area contributed by atoms with Crippen LogP contribution in [-0.4, -0.2) is 10.1 Å². The van der Waals surface area contributed by atoms with Crippen molar-refractivity contribution < 1.29 is 4.52 Å². The summed E-state index contributed by atoms with van der Waals surface area (Å²) in [4.78, 5) is 4.44. The van der Waals surface area contributed by atoms with Crippen molar-refractivity contribution in [3.8, 4) is 35.0 Å². The maximum atomic E-state index is 8.82. The average Bonchev–Trinajstić information content (AvgIpc) is 3.13. The SMILES string of the molecule is Cc1ccc(-c2noc(-c3ccccc3NC=C(C#N)C#N)n2)cc1. The number of hydrogen-bond acceptors (Lipinski definition) is 6. The van der Waals surface area contributed by atoms with Crippen LogP contribution in [0.2, 0.25) is 0 Å². The number of benzene rings is 2. The highest BCUT2D eigenvalue weighted by Crippen LogP contribution is 2.28. The predicted molar refractivity (Wildman–Crippen MR) is 92.8 cm³/mol. The van der Waals surface area contributed by atoms with Crippen molar-refractivity contribution in [3.05, 3.63) is 65.9 Å². The van der Waals surface area contributed by atoms with Gasteiger partial charge in [0.1, 0.15) is 17.7 Å². The smallest absolute Gasteiger partial charge is 0.260 e. The van der Waals surface area contributed by atoms with Gasteiger partial charge in [0.15, 0.2) is 0 Å². The van der Waals surface area contributed by atoms with E-state index in [2.05, 4.69) is 15.5 Å². The van der Waals surface area contributed by atoms with Gasteiger partial charge in [0.25, 0.3) is 5.89 Å². The number of nitriles is 2. The van der Waals surface area contributed by atoms with Crippen molar-refractivity contribution in [3.63, 3.8) is 0 Å². The summed E-state index contributed by atoms with van der Waals surface area (Å²) >= 11 is 0. The summed E-state index contributed by atoms with van der Waals surface area (Å²) in [5.41, 5.74) is 3.33. The number of allylic oxidation sites excluding steroid dienone is 1. The van der Waals surface area contributed by atoms with E-state index in [1.165, 1.54) is 6.20 Å². The van der Waals surface area contributed by atoms with Crippen LogP contribution >= 0.6 is 0 Å². The van der Waals surface area contributed by atoms with Gasteiger partial charge in [-0.05, 0) is 19.1 Å². The highest BCUT2D eigenvalue weighted by molar-refractivity contribution is 5.74. The standard InChI is InChI=1S/C19H13N5O/c1-13-6-8-15(9-7-13)18-23-19(25-24-18)16-4-2-3-5-17(16)22-12-14(10-20)11-21/h2-9,12,22H,1H3. The number of aromatic nitrogens is 2. The number of aryl methyl sites for hydroxylation is 1. The Kier molecular flexibility index (Phi) is 4.55.